The van der Waals surface area contributed by atoms with Gasteiger partial charge in [0.2, 0.25) is 0 Å². The molecule has 0 amide bonds. The first kappa shape index (κ1) is 14.9. The van der Waals surface area contributed by atoms with Crippen LogP contribution < -0.4 is 15.8 Å². The van der Waals surface area contributed by atoms with Crippen LogP contribution in [0.1, 0.15) is 33.1 Å². The minimum absolute atomic E-state index is 0.0994. The number of ether oxygens (including phenoxy) is 1. The van der Waals surface area contributed by atoms with E-state index in [0.29, 0.717) is 11.4 Å². The van der Waals surface area contributed by atoms with E-state index < -0.39 is 5.82 Å². The number of hydrogen-bond donors (Lipinski definition) is 3. The Labute approximate surface area is 119 Å². The van der Waals surface area contributed by atoms with Crippen LogP contribution in [-0.2, 0) is 0 Å². The van der Waals surface area contributed by atoms with Gasteiger partial charge in [0.25, 0.3) is 0 Å². The highest BCUT2D eigenvalue weighted by atomic mass is 19.1. The lowest BCUT2D eigenvalue weighted by molar-refractivity contribution is 0.222. The van der Waals surface area contributed by atoms with Gasteiger partial charge < -0.3 is 20.9 Å². The molecule has 1 aromatic carbocycles. The summed E-state index contributed by atoms with van der Waals surface area (Å²) in [5, 5.41) is 12.7. The Balaban J connectivity index is 2.18. The van der Waals surface area contributed by atoms with Gasteiger partial charge in [-0.3, -0.25) is 0 Å². The number of halogens is 1. The molecule has 1 aromatic rings. The predicted octanol–water partition coefficient (Wildman–Crippen LogP) is 2.77. The summed E-state index contributed by atoms with van der Waals surface area (Å²) in [6, 6.07) is 3.07. The number of benzene rings is 1. The van der Waals surface area contributed by atoms with E-state index >= 15 is 0 Å². The summed E-state index contributed by atoms with van der Waals surface area (Å²) in [5.74, 6) is -0.0176. The van der Waals surface area contributed by atoms with Crippen molar-refractivity contribution in [3.8, 4) is 5.75 Å². The molecule has 4 N–H and O–H groups in total. The maximum absolute atomic E-state index is 13.8. The largest absolute Gasteiger partial charge is 0.488 e. The standard InChI is InChI=1S/C15H23FN2O2/c1-9(2)20-15-7-14(12(17)6-11(15)16)18-13-5-3-4-10(13)8-19/h6-7,9-10,13,18-19H,3-5,8,17H2,1-2H3. The highest BCUT2D eigenvalue weighted by Crippen LogP contribution is 2.33. The summed E-state index contributed by atoms with van der Waals surface area (Å²) >= 11 is 0. The molecule has 112 valence electrons. The molecule has 2 rings (SSSR count). The fraction of sp³-hybridized carbons (Fsp3) is 0.600. The number of rotatable bonds is 5. The van der Waals surface area contributed by atoms with Gasteiger partial charge in [0.15, 0.2) is 11.6 Å². The smallest absolute Gasteiger partial charge is 0.167 e. The molecule has 5 heteroatoms. The van der Waals surface area contributed by atoms with Crippen LogP contribution in [0.4, 0.5) is 15.8 Å². The van der Waals surface area contributed by atoms with Gasteiger partial charge in [0.05, 0.1) is 17.5 Å². The average Bonchev–Trinajstić information content (AvgIpc) is 2.82. The Morgan fingerprint density at radius 1 is 1.45 bits per heavy atom. The van der Waals surface area contributed by atoms with E-state index in [1.807, 2.05) is 13.8 Å². The van der Waals surface area contributed by atoms with Crippen molar-refractivity contribution in [1.29, 1.82) is 0 Å². The third-order valence-electron chi connectivity index (χ3n) is 3.70. The Morgan fingerprint density at radius 3 is 2.85 bits per heavy atom. The SMILES string of the molecule is CC(C)Oc1cc(NC2CCCC2CO)c(N)cc1F. The number of aliphatic hydroxyl groups excluding tert-OH is 1. The molecule has 0 aliphatic heterocycles. The van der Waals surface area contributed by atoms with Crippen molar-refractivity contribution in [3.05, 3.63) is 17.9 Å². The molecular weight excluding hydrogens is 259 g/mol. The molecule has 2 unspecified atom stereocenters. The fourth-order valence-electron chi connectivity index (χ4n) is 2.68. The molecule has 20 heavy (non-hydrogen) atoms. The van der Waals surface area contributed by atoms with Gasteiger partial charge in [-0.2, -0.15) is 0 Å². The second-order valence-electron chi connectivity index (χ2n) is 5.66. The molecule has 0 bridgehead atoms. The van der Waals surface area contributed by atoms with Crippen molar-refractivity contribution in [2.75, 3.05) is 17.7 Å². The topological polar surface area (TPSA) is 67.5 Å². The molecule has 0 saturated heterocycles. The van der Waals surface area contributed by atoms with Crippen molar-refractivity contribution >= 4 is 11.4 Å². The zero-order valence-corrected chi connectivity index (χ0v) is 12.0. The third-order valence-corrected chi connectivity index (χ3v) is 3.70. The molecule has 1 aliphatic carbocycles. The number of anilines is 2. The first-order chi connectivity index (χ1) is 9.51. The highest BCUT2D eigenvalue weighted by molar-refractivity contribution is 5.69. The second-order valence-corrected chi connectivity index (χ2v) is 5.66. The summed E-state index contributed by atoms with van der Waals surface area (Å²) in [5.41, 5.74) is 6.90. The van der Waals surface area contributed by atoms with E-state index in [0.717, 1.165) is 19.3 Å². The van der Waals surface area contributed by atoms with E-state index in [1.54, 1.807) is 6.07 Å². The average molecular weight is 282 g/mol. The molecule has 0 heterocycles. The molecule has 2 atom stereocenters. The van der Waals surface area contributed by atoms with Crippen LogP contribution in [-0.4, -0.2) is 23.9 Å². The van der Waals surface area contributed by atoms with Gasteiger partial charge in [0, 0.05) is 30.7 Å². The molecular formula is C15H23FN2O2. The first-order valence-corrected chi connectivity index (χ1v) is 7.14. The normalized spacial score (nSPS) is 22.2. The van der Waals surface area contributed by atoms with Crippen LogP contribution in [0.5, 0.6) is 5.75 Å². The van der Waals surface area contributed by atoms with E-state index in [4.69, 9.17) is 10.5 Å². The van der Waals surface area contributed by atoms with Crippen LogP contribution in [0.2, 0.25) is 0 Å². The molecule has 1 saturated carbocycles. The molecule has 0 radical (unpaired) electrons. The van der Waals surface area contributed by atoms with Crippen LogP contribution in [0.25, 0.3) is 0 Å². The van der Waals surface area contributed by atoms with Crippen molar-refractivity contribution in [2.24, 2.45) is 5.92 Å². The number of nitrogen functional groups attached to an aromatic ring is 1. The van der Waals surface area contributed by atoms with Crippen LogP contribution in [0.3, 0.4) is 0 Å². The second kappa shape index (κ2) is 6.31. The summed E-state index contributed by atoms with van der Waals surface area (Å²) in [7, 11) is 0. The minimum atomic E-state index is -0.452. The number of hydrogen-bond acceptors (Lipinski definition) is 4. The summed E-state index contributed by atoms with van der Waals surface area (Å²) in [6.07, 6.45) is 2.98. The molecule has 1 fully saturated rings. The van der Waals surface area contributed by atoms with E-state index in [1.165, 1.54) is 6.07 Å². The van der Waals surface area contributed by atoms with Gasteiger partial charge in [-0.25, -0.2) is 4.39 Å². The zero-order chi connectivity index (χ0) is 14.7. The Hall–Kier alpha value is -1.49. The first-order valence-electron chi connectivity index (χ1n) is 7.14. The minimum Gasteiger partial charge on any atom is -0.488 e. The molecule has 0 aromatic heterocycles. The van der Waals surface area contributed by atoms with Crippen LogP contribution in [0, 0.1) is 11.7 Å². The molecule has 1 aliphatic rings. The van der Waals surface area contributed by atoms with Gasteiger partial charge in [-0.1, -0.05) is 6.42 Å². The Bertz CT molecular complexity index is 465. The quantitative estimate of drug-likeness (QED) is 0.726. The van der Waals surface area contributed by atoms with Crippen molar-refractivity contribution < 1.29 is 14.2 Å². The van der Waals surface area contributed by atoms with Crippen molar-refractivity contribution in [2.45, 2.75) is 45.3 Å². The Morgan fingerprint density at radius 2 is 2.20 bits per heavy atom. The van der Waals surface area contributed by atoms with E-state index in [-0.39, 0.29) is 30.4 Å². The summed E-state index contributed by atoms with van der Waals surface area (Å²) < 4.78 is 19.2. The lowest BCUT2D eigenvalue weighted by Crippen LogP contribution is -2.26. The van der Waals surface area contributed by atoms with Crippen LogP contribution in [0.15, 0.2) is 12.1 Å². The lowest BCUT2D eigenvalue weighted by Gasteiger charge is -2.22. The molecule has 0 spiro atoms. The fourth-order valence-corrected chi connectivity index (χ4v) is 2.68. The zero-order valence-electron chi connectivity index (χ0n) is 12.0. The van der Waals surface area contributed by atoms with Gasteiger partial charge in [-0.05, 0) is 26.7 Å². The maximum Gasteiger partial charge on any atom is 0.167 e. The van der Waals surface area contributed by atoms with Gasteiger partial charge >= 0.3 is 0 Å². The Kier molecular flexibility index (Phi) is 4.70. The summed E-state index contributed by atoms with van der Waals surface area (Å²) in [4.78, 5) is 0. The number of nitrogens with two attached hydrogens (primary N) is 1. The van der Waals surface area contributed by atoms with Gasteiger partial charge in [0.1, 0.15) is 0 Å². The monoisotopic (exact) mass is 282 g/mol. The van der Waals surface area contributed by atoms with Crippen molar-refractivity contribution in [1.82, 2.24) is 0 Å². The third kappa shape index (κ3) is 3.33. The predicted molar refractivity (Wildman–Crippen MR) is 78.4 cm³/mol. The van der Waals surface area contributed by atoms with Gasteiger partial charge in [-0.15, -0.1) is 0 Å². The van der Waals surface area contributed by atoms with E-state index in [9.17, 15) is 9.50 Å². The van der Waals surface area contributed by atoms with E-state index in [2.05, 4.69) is 5.32 Å². The maximum atomic E-state index is 13.8. The number of nitrogens with one attached hydrogen (secondary N) is 1. The van der Waals surface area contributed by atoms with Crippen molar-refractivity contribution in [3.63, 3.8) is 0 Å². The number of aliphatic hydroxyl groups is 1. The van der Waals surface area contributed by atoms with Crippen LogP contribution >= 0.6 is 0 Å². The lowest BCUT2D eigenvalue weighted by atomic mass is 10.0. The highest BCUT2D eigenvalue weighted by Gasteiger charge is 2.27. The molecule has 4 nitrogen and oxygen atoms in total. The summed E-state index contributed by atoms with van der Waals surface area (Å²) in [6.45, 7) is 3.86.